The molecule has 0 atom stereocenters. The first-order chi connectivity index (χ1) is 9.52. The van der Waals surface area contributed by atoms with Gasteiger partial charge in [-0.15, -0.1) is 0 Å². The highest BCUT2D eigenvalue weighted by Gasteiger charge is 2.15. The molecule has 0 aliphatic rings. The normalized spacial score (nSPS) is 10.7. The van der Waals surface area contributed by atoms with Crippen molar-refractivity contribution in [3.63, 3.8) is 0 Å². The lowest BCUT2D eigenvalue weighted by atomic mass is 10.0. The highest BCUT2D eigenvalue weighted by Crippen LogP contribution is 2.31. The Kier molecular flexibility index (Phi) is 4.42. The average Bonchev–Trinajstić information content (AvgIpc) is 2.42. The molecule has 0 spiro atoms. The van der Waals surface area contributed by atoms with Gasteiger partial charge in [0.05, 0.1) is 0 Å². The lowest BCUT2D eigenvalue weighted by Crippen LogP contribution is -2.14. The van der Waals surface area contributed by atoms with Crippen LogP contribution in [0.15, 0.2) is 24.5 Å². The number of aromatic nitrogens is 2. The standard InChI is InChI=1S/C14H18ClN5/c1-8(2)12-13(17-7-18-14(12)20-16)19-11-6-10(15)5-4-9(11)3/h4-8H,16H2,1-3H3,(H2,17,18,19,20). The van der Waals surface area contributed by atoms with E-state index in [1.165, 1.54) is 6.33 Å². The molecule has 2 aromatic rings. The van der Waals surface area contributed by atoms with Crippen LogP contribution in [-0.4, -0.2) is 9.97 Å². The number of benzene rings is 1. The van der Waals surface area contributed by atoms with Crippen LogP contribution in [-0.2, 0) is 0 Å². The number of anilines is 3. The summed E-state index contributed by atoms with van der Waals surface area (Å²) in [6, 6.07) is 5.69. The first-order valence-electron chi connectivity index (χ1n) is 6.37. The van der Waals surface area contributed by atoms with Crippen molar-refractivity contribution in [2.45, 2.75) is 26.7 Å². The van der Waals surface area contributed by atoms with Gasteiger partial charge in [-0.2, -0.15) is 0 Å². The van der Waals surface area contributed by atoms with Gasteiger partial charge in [-0.05, 0) is 30.5 Å². The van der Waals surface area contributed by atoms with Crippen LogP contribution >= 0.6 is 11.6 Å². The number of halogens is 1. The van der Waals surface area contributed by atoms with Gasteiger partial charge in [0.2, 0.25) is 0 Å². The molecule has 0 saturated heterocycles. The number of hydrogen-bond acceptors (Lipinski definition) is 5. The molecular formula is C14H18ClN5. The molecule has 0 aliphatic heterocycles. The fourth-order valence-electron chi connectivity index (χ4n) is 2.01. The summed E-state index contributed by atoms with van der Waals surface area (Å²) in [5.41, 5.74) is 5.56. The molecule has 0 saturated carbocycles. The largest absolute Gasteiger partial charge is 0.340 e. The average molecular weight is 292 g/mol. The molecule has 6 heteroatoms. The van der Waals surface area contributed by atoms with E-state index in [0.29, 0.717) is 10.8 Å². The summed E-state index contributed by atoms with van der Waals surface area (Å²) in [6.07, 6.45) is 1.48. The number of hydrazine groups is 1. The Morgan fingerprint density at radius 2 is 1.90 bits per heavy atom. The summed E-state index contributed by atoms with van der Waals surface area (Å²) < 4.78 is 0. The van der Waals surface area contributed by atoms with Crippen LogP contribution in [0.5, 0.6) is 0 Å². The van der Waals surface area contributed by atoms with E-state index in [9.17, 15) is 0 Å². The quantitative estimate of drug-likeness (QED) is 0.593. The first-order valence-corrected chi connectivity index (χ1v) is 6.75. The molecule has 5 nitrogen and oxygen atoms in total. The van der Waals surface area contributed by atoms with Gasteiger partial charge < -0.3 is 10.7 Å². The molecular weight excluding hydrogens is 274 g/mol. The molecule has 2 rings (SSSR count). The van der Waals surface area contributed by atoms with E-state index in [0.717, 1.165) is 22.6 Å². The monoisotopic (exact) mass is 291 g/mol. The van der Waals surface area contributed by atoms with E-state index in [-0.39, 0.29) is 5.92 Å². The second-order valence-corrected chi connectivity index (χ2v) is 5.30. The smallest absolute Gasteiger partial charge is 0.148 e. The van der Waals surface area contributed by atoms with Gasteiger partial charge in [0.1, 0.15) is 18.0 Å². The van der Waals surface area contributed by atoms with Crippen molar-refractivity contribution in [1.82, 2.24) is 9.97 Å². The minimum Gasteiger partial charge on any atom is -0.340 e. The van der Waals surface area contributed by atoms with Crippen LogP contribution in [0.3, 0.4) is 0 Å². The molecule has 0 fully saturated rings. The molecule has 4 N–H and O–H groups in total. The fourth-order valence-corrected chi connectivity index (χ4v) is 2.19. The van der Waals surface area contributed by atoms with Crippen molar-refractivity contribution in [2.24, 2.45) is 5.84 Å². The van der Waals surface area contributed by atoms with Crippen molar-refractivity contribution in [3.05, 3.63) is 40.7 Å². The van der Waals surface area contributed by atoms with Gasteiger partial charge in [-0.3, -0.25) is 0 Å². The summed E-state index contributed by atoms with van der Waals surface area (Å²) in [5.74, 6) is 7.09. The molecule has 0 radical (unpaired) electrons. The molecule has 20 heavy (non-hydrogen) atoms. The second kappa shape index (κ2) is 6.07. The first kappa shape index (κ1) is 14.6. The topological polar surface area (TPSA) is 75.9 Å². The molecule has 1 aromatic heterocycles. The Hall–Kier alpha value is -1.85. The maximum Gasteiger partial charge on any atom is 0.148 e. The number of hydrogen-bond donors (Lipinski definition) is 3. The predicted molar refractivity (Wildman–Crippen MR) is 83.4 cm³/mol. The van der Waals surface area contributed by atoms with Crippen LogP contribution in [0.1, 0.15) is 30.9 Å². The van der Waals surface area contributed by atoms with Gasteiger partial charge in [0.15, 0.2) is 0 Å². The third-order valence-corrected chi connectivity index (χ3v) is 3.29. The zero-order valence-corrected chi connectivity index (χ0v) is 12.5. The van der Waals surface area contributed by atoms with E-state index >= 15 is 0 Å². The van der Waals surface area contributed by atoms with Crippen LogP contribution in [0.4, 0.5) is 17.3 Å². The lowest BCUT2D eigenvalue weighted by molar-refractivity contribution is 0.850. The Balaban J connectivity index is 2.45. The van der Waals surface area contributed by atoms with Crippen molar-refractivity contribution < 1.29 is 0 Å². The van der Waals surface area contributed by atoms with Gasteiger partial charge in [0, 0.05) is 16.3 Å². The molecule has 1 heterocycles. The van der Waals surface area contributed by atoms with Crippen LogP contribution < -0.4 is 16.6 Å². The Morgan fingerprint density at radius 3 is 2.55 bits per heavy atom. The van der Waals surface area contributed by atoms with Crippen LogP contribution in [0, 0.1) is 6.92 Å². The van der Waals surface area contributed by atoms with E-state index in [1.807, 2.05) is 25.1 Å². The molecule has 0 aliphatic carbocycles. The molecule has 1 aromatic carbocycles. The van der Waals surface area contributed by atoms with Gasteiger partial charge >= 0.3 is 0 Å². The molecule has 0 unspecified atom stereocenters. The number of rotatable bonds is 4. The summed E-state index contributed by atoms with van der Waals surface area (Å²) in [5, 5.41) is 3.98. The minimum atomic E-state index is 0.226. The van der Waals surface area contributed by atoms with Gasteiger partial charge in [0.25, 0.3) is 0 Å². The number of nitrogens with one attached hydrogen (secondary N) is 2. The maximum absolute atomic E-state index is 6.04. The molecule has 0 bridgehead atoms. The third-order valence-electron chi connectivity index (χ3n) is 3.05. The van der Waals surface area contributed by atoms with E-state index in [1.54, 1.807) is 0 Å². The van der Waals surface area contributed by atoms with Crippen molar-refractivity contribution in [3.8, 4) is 0 Å². The number of nitrogens with zero attached hydrogens (tertiary/aromatic N) is 2. The SMILES string of the molecule is Cc1ccc(Cl)cc1Nc1ncnc(NN)c1C(C)C. The summed E-state index contributed by atoms with van der Waals surface area (Å²) >= 11 is 6.04. The number of aryl methyl sites for hydroxylation is 1. The zero-order chi connectivity index (χ0) is 14.7. The van der Waals surface area contributed by atoms with Crippen molar-refractivity contribution in [1.29, 1.82) is 0 Å². The minimum absolute atomic E-state index is 0.226. The number of nitrogens with two attached hydrogens (primary N) is 1. The third kappa shape index (κ3) is 3.00. The Bertz CT molecular complexity index is 613. The maximum atomic E-state index is 6.04. The van der Waals surface area contributed by atoms with Gasteiger partial charge in [-0.25, -0.2) is 15.8 Å². The lowest BCUT2D eigenvalue weighted by Gasteiger charge is -2.17. The Morgan fingerprint density at radius 1 is 1.20 bits per heavy atom. The fraction of sp³-hybridized carbons (Fsp3) is 0.286. The number of nitrogen functional groups attached to an aromatic ring is 1. The molecule has 0 amide bonds. The van der Waals surface area contributed by atoms with Crippen LogP contribution in [0.2, 0.25) is 5.02 Å². The zero-order valence-electron chi connectivity index (χ0n) is 11.7. The summed E-state index contributed by atoms with van der Waals surface area (Å²) in [7, 11) is 0. The van der Waals surface area contributed by atoms with Crippen molar-refractivity contribution >= 4 is 28.9 Å². The Labute approximate surface area is 123 Å². The van der Waals surface area contributed by atoms with Crippen LogP contribution in [0.25, 0.3) is 0 Å². The van der Waals surface area contributed by atoms with E-state index < -0.39 is 0 Å². The van der Waals surface area contributed by atoms with Crippen molar-refractivity contribution in [2.75, 3.05) is 10.7 Å². The van der Waals surface area contributed by atoms with Gasteiger partial charge in [-0.1, -0.05) is 31.5 Å². The molecule has 106 valence electrons. The summed E-state index contributed by atoms with van der Waals surface area (Å²) in [4.78, 5) is 8.46. The van der Waals surface area contributed by atoms with E-state index in [4.69, 9.17) is 17.4 Å². The van der Waals surface area contributed by atoms with E-state index in [2.05, 4.69) is 34.6 Å². The highest BCUT2D eigenvalue weighted by molar-refractivity contribution is 6.30. The predicted octanol–water partition coefficient (Wildman–Crippen LogP) is 3.59. The second-order valence-electron chi connectivity index (χ2n) is 4.87. The summed E-state index contributed by atoms with van der Waals surface area (Å²) in [6.45, 7) is 6.14. The highest BCUT2D eigenvalue weighted by atomic mass is 35.5.